The van der Waals surface area contributed by atoms with Gasteiger partial charge in [-0.05, 0) is 18.1 Å². The molecule has 2 aromatic rings. The largest absolute Gasteiger partial charge is 0.481 e. The van der Waals surface area contributed by atoms with Crippen molar-refractivity contribution < 1.29 is 9.53 Å². The van der Waals surface area contributed by atoms with Crippen molar-refractivity contribution in [2.45, 2.75) is 19.8 Å². The summed E-state index contributed by atoms with van der Waals surface area (Å²) in [5, 5.41) is 0. The number of ketones is 1. The van der Waals surface area contributed by atoms with Crippen LogP contribution in [0.25, 0.3) is 0 Å². The van der Waals surface area contributed by atoms with Crippen LogP contribution in [0.4, 0.5) is 0 Å². The van der Waals surface area contributed by atoms with Gasteiger partial charge in [0.05, 0.1) is 13.5 Å². The second-order valence-corrected chi connectivity index (χ2v) is 4.06. The second-order valence-electron chi connectivity index (χ2n) is 4.06. The molecular formula is C14H15N3O2. The van der Waals surface area contributed by atoms with Crippen LogP contribution in [0.5, 0.6) is 5.88 Å². The third-order valence-electron chi connectivity index (χ3n) is 2.77. The van der Waals surface area contributed by atoms with E-state index in [4.69, 9.17) is 4.74 Å². The molecule has 0 amide bonds. The number of rotatable bonds is 5. The highest BCUT2D eigenvalue weighted by atomic mass is 16.5. The number of ether oxygens (including phenoxy) is 1. The van der Waals surface area contributed by atoms with Crippen LogP contribution >= 0.6 is 0 Å². The van der Waals surface area contributed by atoms with Gasteiger partial charge in [-0.3, -0.25) is 9.78 Å². The van der Waals surface area contributed by atoms with Crippen molar-refractivity contribution in [1.82, 2.24) is 15.0 Å². The smallest absolute Gasteiger partial charge is 0.216 e. The normalized spacial score (nSPS) is 10.2. The Morgan fingerprint density at radius 1 is 1.26 bits per heavy atom. The van der Waals surface area contributed by atoms with E-state index in [2.05, 4.69) is 21.9 Å². The van der Waals surface area contributed by atoms with Gasteiger partial charge >= 0.3 is 0 Å². The first-order valence-electron chi connectivity index (χ1n) is 6.06. The summed E-state index contributed by atoms with van der Waals surface area (Å²) in [7, 11) is 1.50. The summed E-state index contributed by atoms with van der Waals surface area (Å²) in [6.45, 7) is 2.06. The molecule has 2 heterocycles. The molecule has 2 aromatic heterocycles. The summed E-state index contributed by atoms with van der Waals surface area (Å²) in [5.41, 5.74) is 2.23. The zero-order chi connectivity index (χ0) is 13.7. The van der Waals surface area contributed by atoms with E-state index in [1.165, 1.54) is 19.5 Å². The quantitative estimate of drug-likeness (QED) is 0.765. The van der Waals surface area contributed by atoms with E-state index >= 15 is 0 Å². The second kappa shape index (κ2) is 6.04. The van der Waals surface area contributed by atoms with Crippen LogP contribution in [0.3, 0.4) is 0 Å². The predicted molar refractivity (Wildman–Crippen MR) is 70.2 cm³/mol. The average Bonchev–Trinajstić information content (AvgIpc) is 2.48. The molecule has 0 N–H and O–H groups in total. The lowest BCUT2D eigenvalue weighted by Crippen LogP contribution is -2.08. The lowest BCUT2D eigenvalue weighted by Gasteiger charge is -2.03. The van der Waals surface area contributed by atoms with E-state index in [1.54, 1.807) is 6.20 Å². The number of Topliss-reactive ketones (excluding diaryl/α,β-unsaturated/α-hetero) is 1. The first-order chi connectivity index (χ1) is 9.22. The van der Waals surface area contributed by atoms with Crippen LogP contribution in [0.1, 0.15) is 28.7 Å². The maximum atomic E-state index is 12.1. The molecule has 98 valence electrons. The van der Waals surface area contributed by atoms with Gasteiger partial charge < -0.3 is 4.74 Å². The van der Waals surface area contributed by atoms with Gasteiger partial charge in [0, 0.05) is 18.0 Å². The molecule has 0 aliphatic heterocycles. The van der Waals surface area contributed by atoms with Gasteiger partial charge in [0.2, 0.25) is 5.88 Å². The minimum absolute atomic E-state index is 0.0996. The Kier molecular flexibility index (Phi) is 4.18. The molecule has 5 heteroatoms. The fourth-order valence-electron chi connectivity index (χ4n) is 1.63. The standard InChI is InChI=1S/C14H15N3O2/c1-3-10-4-5-11(15-8-10)6-13(18)12-7-14(19-2)17-9-16-12/h4-5,7-9H,3,6H2,1-2H3. The molecule has 0 aromatic carbocycles. The predicted octanol–water partition coefficient (Wildman–Crippen LogP) is 1.87. The Labute approximate surface area is 111 Å². The van der Waals surface area contributed by atoms with Gasteiger partial charge in [-0.15, -0.1) is 0 Å². The van der Waals surface area contributed by atoms with Gasteiger partial charge in [-0.1, -0.05) is 13.0 Å². The minimum Gasteiger partial charge on any atom is -0.481 e. The molecule has 0 unspecified atom stereocenters. The average molecular weight is 257 g/mol. The SMILES string of the molecule is CCc1ccc(CC(=O)c2cc(OC)ncn2)nc1. The van der Waals surface area contributed by atoms with Crippen LogP contribution in [0.2, 0.25) is 0 Å². The molecule has 0 spiro atoms. The highest BCUT2D eigenvalue weighted by Crippen LogP contribution is 2.09. The highest BCUT2D eigenvalue weighted by Gasteiger charge is 2.11. The molecule has 0 fully saturated rings. The van der Waals surface area contributed by atoms with Crippen LogP contribution < -0.4 is 4.74 Å². The molecule has 0 aliphatic rings. The lowest BCUT2D eigenvalue weighted by atomic mass is 10.1. The molecule has 0 saturated heterocycles. The van der Waals surface area contributed by atoms with E-state index in [0.29, 0.717) is 11.6 Å². The molecule has 0 atom stereocenters. The van der Waals surface area contributed by atoms with Gasteiger partial charge in [-0.25, -0.2) is 9.97 Å². The van der Waals surface area contributed by atoms with Crippen molar-refractivity contribution in [3.8, 4) is 5.88 Å². The summed E-state index contributed by atoms with van der Waals surface area (Å²) in [5.74, 6) is 0.282. The third-order valence-corrected chi connectivity index (χ3v) is 2.77. The number of carbonyl (C=O) groups is 1. The van der Waals surface area contributed by atoms with Crippen molar-refractivity contribution in [1.29, 1.82) is 0 Å². The maximum absolute atomic E-state index is 12.1. The molecule has 0 saturated carbocycles. The van der Waals surface area contributed by atoms with Crippen LogP contribution in [0, 0.1) is 0 Å². The van der Waals surface area contributed by atoms with Crippen molar-refractivity contribution in [2.75, 3.05) is 7.11 Å². The van der Waals surface area contributed by atoms with Crippen LogP contribution in [-0.4, -0.2) is 27.8 Å². The number of aromatic nitrogens is 3. The highest BCUT2D eigenvalue weighted by molar-refractivity contribution is 5.95. The number of hydrogen-bond acceptors (Lipinski definition) is 5. The van der Waals surface area contributed by atoms with Crippen molar-refractivity contribution >= 4 is 5.78 Å². The van der Waals surface area contributed by atoms with Gasteiger partial charge in [0.25, 0.3) is 0 Å². The van der Waals surface area contributed by atoms with Crippen LogP contribution in [-0.2, 0) is 12.8 Å². The van der Waals surface area contributed by atoms with Crippen LogP contribution in [0.15, 0.2) is 30.7 Å². The molecule has 0 radical (unpaired) electrons. The van der Waals surface area contributed by atoms with E-state index in [0.717, 1.165) is 17.7 Å². The summed E-state index contributed by atoms with van der Waals surface area (Å²) in [4.78, 5) is 24.1. The topological polar surface area (TPSA) is 65.0 Å². The number of pyridine rings is 1. The minimum atomic E-state index is -0.0996. The Balaban J connectivity index is 2.11. The van der Waals surface area contributed by atoms with E-state index < -0.39 is 0 Å². The zero-order valence-corrected chi connectivity index (χ0v) is 11.0. The molecular weight excluding hydrogens is 242 g/mol. The summed E-state index contributed by atoms with van der Waals surface area (Å²) >= 11 is 0. The Morgan fingerprint density at radius 2 is 2.11 bits per heavy atom. The fourth-order valence-corrected chi connectivity index (χ4v) is 1.63. The maximum Gasteiger partial charge on any atom is 0.216 e. The number of hydrogen-bond donors (Lipinski definition) is 0. The summed E-state index contributed by atoms with van der Waals surface area (Å²) < 4.78 is 4.97. The molecule has 19 heavy (non-hydrogen) atoms. The molecule has 0 bridgehead atoms. The van der Waals surface area contributed by atoms with E-state index in [1.807, 2.05) is 12.1 Å². The molecule has 0 aliphatic carbocycles. The van der Waals surface area contributed by atoms with Gasteiger partial charge in [0.1, 0.15) is 12.0 Å². The van der Waals surface area contributed by atoms with Crippen molar-refractivity contribution in [3.05, 3.63) is 47.7 Å². The van der Waals surface area contributed by atoms with E-state index in [-0.39, 0.29) is 12.2 Å². The number of nitrogens with zero attached hydrogens (tertiary/aromatic N) is 3. The van der Waals surface area contributed by atoms with Gasteiger partial charge in [0.15, 0.2) is 5.78 Å². The Morgan fingerprint density at radius 3 is 2.74 bits per heavy atom. The number of carbonyl (C=O) groups excluding carboxylic acids is 1. The summed E-state index contributed by atoms with van der Waals surface area (Å²) in [6, 6.07) is 5.38. The zero-order valence-electron chi connectivity index (χ0n) is 11.0. The third kappa shape index (κ3) is 3.34. The lowest BCUT2D eigenvalue weighted by molar-refractivity contribution is 0.0986. The van der Waals surface area contributed by atoms with E-state index in [9.17, 15) is 4.79 Å². The number of methoxy groups -OCH3 is 1. The Bertz CT molecular complexity index is 567. The molecule has 5 nitrogen and oxygen atoms in total. The first kappa shape index (κ1) is 13.1. The number of aryl methyl sites for hydroxylation is 1. The summed E-state index contributed by atoms with van der Waals surface area (Å²) in [6.07, 6.45) is 4.28. The van der Waals surface area contributed by atoms with Crippen molar-refractivity contribution in [3.63, 3.8) is 0 Å². The molecule has 2 rings (SSSR count). The monoisotopic (exact) mass is 257 g/mol. The first-order valence-corrected chi connectivity index (χ1v) is 6.06. The van der Waals surface area contributed by atoms with Crippen molar-refractivity contribution in [2.24, 2.45) is 0 Å². The Hall–Kier alpha value is -2.30. The van der Waals surface area contributed by atoms with Gasteiger partial charge in [-0.2, -0.15) is 0 Å². The fraction of sp³-hybridized carbons (Fsp3) is 0.286.